The molecular formula is C20H22F4N4O2. The second-order valence-corrected chi connectivity index (χ2v) is 7.84. The summed E-state index contributed by atoms with van der Waals surface area (Å²) in [7, 11) is 0. The van der Waals surface area contributed by atoms with Crippen molar-refractivity contribution in [3.63, 3.8) is 0 Å². The van der Waals surface area contributed by atoms with Crippen molar-refractivity contribution in [1.82, 2.24) is 9.97 Å². The molecule has 1 aromatic carbocycles. The Bertz CT molecular complexity index is 881. The molecule has 2 aliphatic rings. The van der Waals surface area contributed by atoms with E-state index in [0.717, 1.165) is 25.0 Å². The third-order valence-electron chi connectivity index (χ3n) is 5.44. The zero-order chi connectivity index (χ0) is 21.4. The van der Waals surface area contributed by atoms with Crippen LogP contribution in [0.1, 0.15) is 36.4 Å². The number of ether oxygens (including phenoxy) is 1. The third kappa shape index (κ3) is 4.65. The summed E-state index contributed by atoms with van der Waals surface area (Å²) in [5.74, 6) is -0.629. The van der Waals surface area contributed by atoms with Crippen molar-refractivity contribution < 1.29 is 27.4 Å². The van der Waals surface area contributed by atoms with Gasteiger partial charge in [-0.1, -0.05) is 12.1 Å². The summed E-state index contributed by atoms with van der Waals surface area (Å²) < 4.78 is 58.6. The summed E-state index contributed by atoms with van der Waals surface area (Å²) in [5.41, 5.74) is -1.17. The maximum absolute atomic E-state index is 14.9. The van der Waals surface area contributed by atoms with Crippen LogP contribution in [0.4, 0.5) is 29.2 Å². The Balaban J connectivity index is 1.50. The molecule has 4 rings (SSSR count). The molecule has 3 N–H and O–H groups in total. The van der Waals surface area contributed by atoms with Gasteiger partial charge in [0.1, 0.15) is 11.9 Å². The molecule has 2 heterocycles. The van der Waals surface area contributed by atoms with Crippen LogP contribution in [0.15, 0.2) is 30.6 Å². The molecule has 2 fully saturated rings. The Hall–Kier alpha value is -2.46. The molecule has 1 saturated carbocycles. The van der Waals surface area contributed by atoms with Crippen LogP contribution >= 0.6 is 0 Å². The van der Waals surface area contributed by atoms with E-state index < -0.39 is 23.2 Å². The fourth-order valence-electron chi connectivity index (χ4n) is 3.51. The molecule has 2 atom stereocenters. The predicted octanol–water partition coefficient (Wildman–Crippen LogP) is 3.76. The van der Waals surface area contributed by atoms with Gasteiger partial charge < -0.3 is 20.5 Å². The highest BCUT2D eigenvalue weighted by Crippen LogP contribution is 2.43. The van der Waals surface area contributed by atoms with Gasteiger partial charge >= 0.3 is 6.18 Å². The molecule has 2 unspecified atom stereocenters. The molecular weight excluding hydrogens is 404 g/mol. The topological polar surface area (TPSA) is 79.3 Å². The predicted molar refractivity (Wildman–Crippen MR) is 101 cm³/mol. The molecule has 1 aliphatic heterocycles. The summed E-state index contributed by atoms with van der Waals surface area (Å²) in [5, 5.41) is 16.1. The number of hydrogen-bond acceptors (Lipinski definition) is 6. The minimum absolute atomic E-state index is 0.0426. The lowest BCUT2D eigenvalue weighted by Crippen LogP contribution is -2.37. The van der Waals surface area contributed by atoms with Gasteiger partial charge in [0.15, 0.2) is 11.6 Å². The Morgan fingerprint density at radius 2 is 1.87 bits per heavy atom. The van der Waals surface area contributed by atoms with Gasteiger partial charge in [0.25, 0.3) is 0 Å². The second kappa shape index (κ2) is 7.99. The number of alkyl halides is 3. The molecule has 0 bridgehead atoms. The van der Waals surface area contributed by atoms with Crippen LogP contribution in [0, 0.1) is 11.7 Å². The Morgan fingerprint density at radius 1 is 1.17 bits per heavy atom. The highest BCUT2D eigenvalue weighted by molar-refractivity contribution is 5.51. The smallest absolute Gasteiger partial charge is 0.386 e. The lowest BCUT2D eigenvalue weighted by molar-refractivity contribution is -0.137. The number of nitrogens with one attached hydrogen (secondary N) is 2. The van der Waals surface area contributed by atoms with Crippen LogP contribution in [0.2, 0.25) is 0 Å². The van der Waals surface area contributed by atoms with E-state index in [9.17, 15) is 22.7 Å². The fourth-order valence-corrected chi connectivity index (χ4v) is 3.51. The SMILES string of the molecule is OC1(CNc2ncnc(NC(c3ccc(C(F)(F)F)cc3)C3CC3)c2F)CCOC1. The van der Waals surface area contributed by atoms with Crippen LogP contribution in [-0.4, -0.2) is 40.4 Å². The Morgan fingerprint density at radius 3 is 2.47 bits per heavy atom. The van der Waals surface area contributed by atoms with E-state index in [4.69, 9.17) is 4.74 Å². The van der Waals surface area contributed by atoms with E-state index >= 15 is 0 Å². The maximum Gasteiger partial charge on any atom is 0.416 e. The lowest BCUT2D eigenvalue weighted by atomic mass is 10.0. The van der Waals surface area contributed by atoms with Gasteiger partial charge in [-0.3, -0.25) is 0 Å². The van der Waals surface area contributed by atoms with Gasteiger partial charge in [-0.05, 0) is 36.5 Å². The largest absolute Gasteiger partial charge is 0.416 e. The highest BCUT2D eigenvalue weighted by Gasteiger charge is 2.36. The van der Waals surface area contributed by atoms with Crippen molar-refractivity contribution in [3.05, 3.63) is 47.5 Å². The van der Waals surface area contributed by atoms with E-state index in [-0.39, 0.29) is 36.7 Å². The average Bonchev–Trinajstić information content (AvgIpc) is 3.46. The van der Waals surface area contributed by atoms with Gasteiger partial charge in [-0.2, -0.15) is 17.6 Å². The number of hydrogen-bond donors (Lipinski definition) is 3. The minimum atomic E-state index is -4.41. The van der Waals surface area contributed by atoms with Crippen molar-refractivity contribution in [3.8, 4) is 0 Å². The van der Waals surface area contributed by atoms with Crippen molar-refractivity contribution >= 4 is 11.6 Å². The lowest BCUT2D eigenvalue weighted by Gasteiger charge is -2.23. The first-order valence-electron chi connectivity index (χ1n) is 9.73. The monoisotopic (exact) mass is 426 g/mol. The molecule has 10 heteroatoms. The number of anilines is 2. The van der Waals surface area contributed by atoms with Crippen molar-refractivity contribution in [1.29, 1.82) is 0 Å². The van der Waals surface area contributed by atoms with E-state index in [2.05, 4.69) is 20.6 Å². The van der Waals surface area contributed by atoms with E-state index in [1.807, 2.05) is 0 Å². The molecule has 1 aromatic heterocycles. The molecule has 1 saturated heterocycles. The van der Waals surface area contributed by atoms with Crippen LogP contribution < -0.4 is 10.6 Å². The number of aliphatic hydroxyl groups is 1. The van der Waals surface area contributed by atoms with Gasteiger partial charge in [-0.25, -0.2) is 9.97 Å². The molecule has 162 valence electrons. The van der Waals surface area contributed by atoms with Crippen LogP contribution in [0.3, 0.4) is 0 Å². The zero-order valence-corrected chi connectivity index (χ0v) is 16.0. The Kier molecular flexibility index (Phi) is 5.54. The highest BCUT2D eigenvalue weighted by atomic mass is 19.4. The molecule has 0 radical (unpaired) electrons. The Labute approximate surface area is 170 Å². The first-order valence-corrected chi connectivity index (χ1v) is 9.73. The number of aromatic nitrogens is 2. The first kappa shape index (κ1) is 20.8. The molecule has 30 heavy (non-hydrogen) atoms. The second-order valence-electron chi connectivity index (χ2n) is 7.84. The van der Waals surface area contributed by atoms with Gasteiger partial charge in [-0.15, -0.1) is 0 Å². The summed E-state index contributed by atoms with van der Waals surface area (Å²) in [6.45, 7) is 0.675. The number of halogens is 4. The first-order chi connectivity index (χ1) is 14.3. The molecule has 1 aliphatic carbocycles. The van der Waals surface area contributed by atoms with Crippen molar-refractivity contribution in [2.24, 2.45) is 5.92 Å². The van der Waals surface area contributed by atoms with Gasteiger partial charge in [0, 0.05) is 19.6 Å². The molecule has 0 spiro atoms. The number of rotatable bonds is 7. The van der Waals surface area contributed by atoms with Crippen molar-refractivity contribution in [2.75, 3.05) is 30.4 Å². The standard InChI is InChI=1S/C20H22F4N4O2/c21-15-17(25-9-19(29)7-8-30-10-19)26-11-27-18(15)28-16(12-1-2-12)13-3-5-14(6-4-13)20(22,23)24/h3-6,11-12,16,29H,1-2,7-10H2,(H2,25,26,27,28). The van der Waals surface area contributed by atoms with Crippen LogP contribution in [0.25, 0.3) is 0 Å². The van der Waals surface area contributed by atoms with Crippen LogP contribution in [0.5, 0.6) is 0 Å². The van der Waals surface area contributed by atoms with E-state index in [0.29, 0.717) is 18.6 Å². The fraction of sp³-hybridized carbons (Fsp3) is 0.500. The summed E-state index contributed by atoms with van der Waals surface area (Å²) in [6, 6.07) is 4.51. The number of nitrogens with zero attached hydrogens (tertiary/aromatic N) is 2. The summed E-state index contributed by atoms with van der Waals surface area (Å²) >= 11 is 0. The quantitative estimate of drug-likeness (QED) is 0.585. The molecule has 6 nitrogen and oxygen atoms in total. The van der Waals surface area contributed by atoms with E-state index in [1.165, 1.54) is 18.5 Å². The van der Waals surface area contributed by atoms with Crippen LogP contribution in [-0.2, 0) is 10.9 Å². The van der Waals surface area contributed by atoms with Gasteiger partial charge in [0.05, 0.1) is 18.2 Å². The third-order valence-corrected chi connectivity index (χ3v) is 5.44. The number of benzene rings is 1. The minimum Gasteiger partial charge on any atom is -0.386 e. The van der Waals surface area contributed by atoms with Gasteiger partial charge in [0.2, 0.25) is 5.82 Å². The summed E-state index contributed by atoms with van der Waals surface area (Å²) in [6.07, 6.45) is -0.989. The maximum atomic E-state index is 14.9. The molecule has 0 amide bonds. The summed E-state index contributed by atoms with van der Waals surface area (Å²) in [4.78, 5) is 7.86. The van der Waals surface area contributed by atoms with E-state index in [1.54, 1.807) is 0 Å². The van der Waals surface area contributed by atoms with Crippen molar-refractivity contribution in [2.45, 2.75) is 37.1 Å². The molecule has 2 aromatic rings. The normalized spacial score (nSPS) is 22.7. The average molecular weight is 426 g/mol. The zero-order valence-electron chi connectivity index (χ0n) is 16.0.